The normalized spacial score (nSPS) is 26.1. The summed E-state index contributed by atoms with van der Waals surface area (Å²) < 4.78 is 12.1. The lowest BCUT2D eigenvalue weighted by Gasteiger charge is -2.48. The Labute approximate surface area is 128 Å². The second-order valence-corrected chi connectivity index (χ2v) is 6.83. The standard InChI is InChI=1S/C16H21BrO3/c1-19-14-4-3-11(9-13(14)17)15(18)12-5-8-20-16(10-12)6-2-7-16/h3-4,9,12,15,18H,2,5-8,10H2,1H3. The molecular weight excluding hydrogens is 320 g/mol. The van der Waals surface area contributed by atoms with Crippen molar-refractivity contribution in [2.24, 2.45) is 5.92 Å². The van der Waals surface area contributed by atoms with Crippen molar-refractivity contribution in [1.82, 2.24) is 0 Å². The second kappa shape index (κ2) is 5.66. The summed E-state index contributed by atoms with van der Waals surface area (Å²) in [5.74, 6) is 1.09. The summed E-state index contributed by atoms with van der Waals surface area (Å²) in [5, 5.41) is 10.7. The predicted octanol–water partition coefficient (Wildman–Crippen LogP) is 3.84. The monoisotopic (exact) mass is 340 g/mol. The quantitative estimate of drug-likeness (QED) is 0.908. The minimum Gasteiger partial charge on any atom is -0.496 e. The van der Waals surface area contributed by atoms with Gasteiger partial charge in [-0.3, -0.25) is 0 Å². The topological polar surface area (TPSA) is 38.7 Å². The molecule has 0 radical (unpaired) electrons. The first-order valence-electron chi connectivity index (χ1n) is 7.29. The van der Waals surface area contributed by atoms with Gasteiger partial charge in [-0.1, -0.05) is 6.07 Å². The number of aliphatic hydroxyl groups excluding tert-OH is 1. The van der Waals surface area contributed by atoms with Gasteiger partial charge in [0.1, 0.15) is 5.75 Å². The molecule has 0 amide bonds. The number of benzene rings is 1. The van der Waals surface area contributed by atoms with Gasteiger partial charge in [0.2, 0.25) is 0 Å². The Morgan fingerprint density at radius 2 is 2.25 bits per heavy atom. The van der Waals surface area contributed by atoms with E-state index < -0.39 is 6.10 Å². The Bertz CT molecular complexity index is 485. The number of ether oxygens (including phenoxy) is 2. The minimum absolute atomic E-state index is 0.0770. The summed E-state index contributed by atoms with van der Waals surface area (Å²) in [6.45, 7) is 0.777. The van der Waals surface area contributed by atoms with Crippen LogP contribution in [0.1, 0.15) is 43.8 Å². The largest absolute Gasteiger partial charge is 0.496 e. The van der Waals surface area contributed by atoms with Crippen molar-refractivity contribution < 1.29 is 14.6 Å². The molecule has 2 unspecified atom stereocenters. The van der Waals surface area contributed by atoms with E-state index in [4.69, 9.17) is 9.47 Å². The van der Waals surface area contributed by atoms with Crippen molar-refractivity contribution in [3.05, 3.63) is 28.2 Å². The fourth-order valence-electron chi connectivity index (χ4n) is 3.39. The van der Waals surface area contributed by atoms with E-state index in [-0.39, 0.29) is 5.60 Å². The lowest BCUT2D eigenvalue weighted by molar-refractivity contribution is -0.157. The first kappa shape index (κ1) is 14.4. The molecule has 0 aromatic heterocycles. The van der Waals surface area contributed by atoms with E-state index in [1.165, 1.54) is 6.42 Å². The predicted molar refractivity (Wildman–Crippen MR) is 80.9 cm³/mol. The summed E-state index contributed by atoms with van der Waals surface area (Å²) >= 11 is 3.49. The van der Waals surface area contributed by atoms with Crippen LogP contribution in [0.25, 0.3) is 0 Å². The fraction of sp³-hybridized carbons (Fsp3) is 0.625. The molecule has 1 aromatic carbocycles. The number of hydrogen-bond acceptors (Lipinski definition) is 3. The van der Waals surface area contributed by atoms with Crippen LogP contribution in [-0.2, 0) is 4.74 Å². The SMILES string of the molecule is COc1ccc(C(O)C2CCOC3(CCC3)C2)cc1Br. The van der Waals surface area contributed by atoms with Crippen molar-refractivity contribution in [3.8, 4) is 5.75 Å². The molecule has 1 saturated carbocycles. The van der Waals surface area contributed by atoms with Crippen LogP contribution in [0.3, 0.4) is 0 Å². The van der Waals surface area contributed by atoms with E-state index in [0.29, 0.717) is 5.92 Å². The molecule has 3 rings (SSSR count). The van der Waals surface area contributed by atoms with Gasteiger partial charge < -0.3 is 14.6 Å². The zero-order valence-corrected chi connectivity index (χ0v) is 13.4. The first-order chi connectivity index (χ1) is 9.63. The number of hydrogen-bond donors (Lipinski definition) is 1. The molecule has 2 fully saturated rings. The number of methoxy groups -OCH3 is 1. The molecule has 1 saturated heterocycles. The van der Waals surface area contributed by atoms with E-state index >= 15 is 0 Å². The van der Waals surface area contributed by atoms with Crippen LogP contribution in [-0.4, -0.2) is 24.4 Å². The van der Waals surface area contributed by atoms with Gasteiger partial charge in [-0.15, -0.1) is 0 Å². The first-order valence-corrected chi connectivity index (χ1v) is 8.08. The Morgan fingerprint density at radius 1 is 1.45 bits per heavy atom. The summed E-state index contributed by atoms with van der Waals surface area (Å²) in [6.07, 6.45) is 5.07. The van der Waals surface area contributed by atoms with Crippen molar-refractivity contribution in [2.75, 3.05) is 13.7 Å². The Morgan fingerprint density at radius 3 is 2.85 bits per heavy atom. The van der Waals surface area contributed by atoms with E-state index in [9.17, 15) is 5.11 Å². The third-order valence-electron chi connectivity index (χ3n) is 4.76. The Hall–Kier alpha value is -0.580. The molecule has 3 nitrogen and oxygen atoms in total. The minimum atomic E-state index is -0.418. The second-order valence-electron chi connectivity index (χ2n) is 5.98. The molecule has 2 atom stereocenters. The fourth-order valence-corrected chi connectivity index (χ4v) is 3.95. The van der Waals surface area contributed by atoms with Crippen LogP contribution in [0.4, 0.5) is 0 Å². The van der Waals surface area contributed by atoms with E-state index in [2.05, 4.69) is 15.9 Å². The van der Waals surface area contributed by atoms with Gasteiger partial charge in [0.25, 0.3) is 0 Å². The van der Waals surface area contributed by atoms with Gasteiger partial charge in [-0.2, -0.15) is 0 Å². The summed E-state index contributed by atoms with van der Waals surface area (Å²) in [6, 6.07) is 5.82. The molecule has 4 heteroatoms. The summed E-state index contributed by atoms with van der Waals surface area (Å²) in [5.41, 5.74) is 1.03. The maximum absolute atomic E-state index is 10.7. The third kappa shape index (κ3) is 2.61. The molecular formula is C16H21BrO3. The average molecular weight is 341 g/mol. The summed E-state index contributed by atoms with van der Waals surface area (Å²) in [4.78, 5) is 0. The van der Waals surface area contributed by atoms with Crippen LogP contribution >= 0.6 is 15.9 Å². The smallest absolute Gasteiger partial charge is 0.133 e. The van der Waals surface area contributed by atoms with Gasteiger partial charge in [0.05, 0.1) is 23.3 Å². The zero-order valence-electron chi connectivity index (χ0n) is 11.8. The molecule has 20 heavy (non-hydrogen) atoms. The average Bonchev–Trinajstić information content (AvgIpc) is 2.45. The molecule has 110 valence electrons. The third-order valence-corrected chi connectivity index (χ3v) is 5.38. The van der Waals surface area contributed by atoms with E-state index in [1.807, 2.05) is 18.2 Å². The Kier molecular flexibility index (Phi) is 4.07. The van der Waals surface area contributed by atoms with Crippen LogP contribution < -0.4 is 4.74 Å². The zero-order chi connectivity index (χ0) is 14.2. The highest BCUT2D eigenvalue weighted by Gasteiger charge is 2.44. The highest BCUT2D eigenvalue weighted by molar-refractivity contribution is 9.10. The van der Waals surface area contributed by atoms with Crippen LogP contribution in [0, 0.1) is 5.92 Å². The van der Waals surface area contributed by atoms with E-state index in [0.717, 1.165) is 48.1 Å². The number of rotatable bonds is 3. The van der Waals surface area contributed by atoms with Crippen LogP contribution in [0.15, 0.2) is 22.7 Å². The van der Waals surface area contributed by atoms with Gasteiger partial charge in [-0.05, 0) is 71.6 Å². The molecule has 1 aromatic rings. The number of halogens is 1. The van der Waals surface area contributed by atoms with E-state index in [1.54, 1.807) is 7.11 Å². The van der Waals surface area contributed by atoms with Crippen molar-refractivity contribution >= 4 is 15.9 Å². The van der Waals surface area contributed by atoms with Gasteiger partial charge in [-0.25, -0.2) is 0 Å². The molecule has 1 heterocycles. The van der Waals surface area contributed by atoms with Crippen molar-refractivity contribution in [3.63, 3.8) is 0 Å². The maximum Gasteiger partial charge on any atom is 0.133 e. The maximum atomic E-state index is 10.7. The molecule has 1 aliphatic carbocycles. The van der Waals surface area contributed by atoms with Gasteiger partial charge in [0.15, 0.2) is 0 Å². The number of aliphatic hydroxyl groups is 1. The molecule has 1 spiro atoms. The Balaban J connectivity index is 1.74. The highest BCUT2D eigenvalue weighted by Crippen LogP contribution is 2.47. The van der Waals surface area contributed by atoms with Crippen LogP contribution in [0.5, 0.6) is 5.75 Å². The molecule has 0 bridgehead atoms. The molecule has 1 aliphatic heterocycles. The lowest BCUT2D eigenvalue weighted by Crippen LogP contribution is -2.46. The van der Waals surface area contributed by atoms with Crippen molar-refractivity contribution in [1.29, 1.82) is 0 Å². The van der Waals surface area contributed by atoms with Gasteiger partial charge >= 0.3 is 0 Å². The van der Waals surface area contributed by atoms with Crippen LogP contribution in [0.2, 0.25) is 0 Å². The highest BCUT2D eigenvalue weighted by atomic mass is 79.9. The summed E-state index contributed by atoms with van der Waals surface area (Å²) in [7, 11) is 1.65. The van der Waals surface area contributed by atoms with Gasteiger partial charge in [0, 0.05) is 6.61 Å². The molecule has 2 aliphatic rings. The molecule has 1 N–H and O–H groups in total. The lowest BCUT2D eigenvalue weighted by atomic mass is 9.70. The van der Waals surface area contributed by atoms with Crippen molar-refractivity contribution in [2.45, 2.75) is 43.8 Å².